The van der Waals surface area contributed by atoms with Gasteiger partial charge in [0.05, 0.1) is 0 Å². The molecule has 43 heavy (non-hydrogen) atoms. The zero-order chi connectivity index (χ0) is 28.3. The average Bonchev–Trinajstić information content (AvgIpc) is 3.43. The zero-order valence-electron chi connectivity index (χ0n) is 24.8. The predicted molar refractivity (Wildman–Crippen MR) is 181 cm³/mol. The molecule has 0 amide bonds. The van der Waals surface area contributed by atoms with E-state index in [0.717, 1.165) is 57.1 Å². The molecule has 0 radical (unpaired) electrons. The summed E-state index contributed by atoms with van der Waals surface area (Å²) in [6.07, 6.45) is 36.4. The summed E-state index contributed by atoms with van der Waals surface area (Å²) in [6.45, 7) is 0. The maximum absolute atomic E-state index is 6.61. The first-order valence-electron chi connectivity index (χ1n) is 16.5. The van der Waals surface area contributed by atoms with Gasteiger partial charge in [0.25, 0.3) is 0 Å². The number of benzene rings is 3. The lowest BCUT2D eigenvalue weighted by Gasteiger charge is -2.31. The van der Waals surface area contributed by atoms with Gasteiger partial charge in [-0.15, -0.1) is 0 Å². The summed E-state index contributed by atoms with van der Waals surface area (Å²) in [4.78, 5) is 0. The molecule has 5 aliphatic carbocycles. The van der Waals surface area contributed by atoms with E-state index in [1.54, 1.807) is 5.56 Å². The molecule has 3 unspecified atom stereocenters. The smallest absolute Gasteiger partial charge is 0.124 e. The van der Waals surface area contributed by atoms with Gasteiger partial charge in [-0.05, 0) is 118 Å². The lowest BCUT2D eigenvalue weighted by molar-refractivity contribution is 0.205. The van der Waals surface area contributed by atoms with Crippen LogP contribution >= 0.6 is 0 Å². The van der Waals surface area contributed by atoms with Crippen molar-refractivity contribution in [3.63, 3.8) is 0 Å². The highest BCUT2D eigenvalue weighted by atomic mass is 16.5. The molecule has 3 aromatic carbocycles. The minimum absolute atomic E-state index is 0.257. The van der Waals surface area contributed by atoms with E-state index in [1.807, 2.05) is 0 Å². The fourth-order valence-electron chi connectivity index (χ4n) is 8.65. The van der Waals surface area contributed by atoms with Crippen LogP contribution in [0.1, 0.15) is 89.8 Å². The second-order valence-electron chi connectivity index (χ2n) is 13.2. The third-order valence-corrected chi connectivity index (χ3v) is 10.7. The number of rotatable bonds is 3. The molecule has 1 heteroatoms. The second-order valence-corrected chi connectivity index (χ2v) is 13.2. The summed E-state index contributed by atoms with van der Waals surface area (Å²) in [5.41, 5.74) is 14.8. The van der Waals surface area contributed by atoms with E-state index in [1.165, 1.54) is 67.3 Å². The van der Waals surface area contributed by atoms with Gasteiger partial charge in [0.2, 0.25) is 0 Å². The van der Waals surface area contributed by atoms with Crippen molar-refractivity contribution in [2.75, 3.05) is 0 Å². The van der Waals surface area contributed by atoms with Gasteiger partial charge in [0.15, 0.2) is 0 Å². The molecule has 0 N–H and O–H groups in total. The van der Waals surface area contributed by atoms with Crippen LogP contribution in [-0.2, 0) is 12.8 Å². The lowest BCUT2D eigenvalue weighted by atomic mass is 9.73. The molecule has 0 fully saturated rings. The van der Waals surface area contributed by atoms with Gasteiger partial charge in [-0.2, -0.15) is 0 Å². The highest BCUT2D eigenvalue weighted by Gasteiger charge is 2.38. The van der Waals surface area contributed by atoms with Crippen molar-refractivity contribution in [3.05, 3.63) is 136 Å². The van der Waals surface area contributed by atoms with Crippen LogP contribution in [0, 0.1) is 5.92 Å². The van der Waals surface area contributed by atoms with Crippen molar-refractivity contribution >= 4 is 34.1 Å². The van der Waals surface area contributed by atoms with Crippen LogP contribution in [-0.4, -0.2) is 6.10 Å². The molecular weight excluding hydrogens is 520 g/mol. The highest BCUT2D eigenvalue weighted by molar-refractivity contribution is 6.05. The Labute approximate surface area is 255 Å². The minimum atomic E-state index is 0.257. The number of allylic oxidation sites excluding steroid dienone is 11. The van der Waals surface area contributed by atoms with Gasteiger partial charge >= 0.3 is 0 Å². The topological polar surface area (TPSA) is 9.23 Å². The molecule has 0 spiro atoms. The quantitative estimate of drug-likeness (QED) is 0.311. The van der Waals surface area contributed by atoms with Gasteiger partial charge in [-0.1, -0.05) is 97.2 Å². The van der Waals surface area contributed by atoms with E-state index in [-0.39, 0.29) is 6.10 Å². The summed E-state index contributed by atoms with van der Waals surface area (Å²) in [6, 6.07) is 14.1. The third-order valence-electron chi connectivity index (χ3n) is 10.7. The number of hydrogen-bond donors (Lipinski definition) is 0. The van der Waals surface area contributed by atoms with Crippen LogP contribution in [0.15, 0.2) is 96.7 Å². The third kappa shape index (κ3) is 4.20. The van der Waals surface area contributed by atoms with E-state index < -0.39 is 0 Å². The Balaban J connectivity index is 1.15. The van der Waals surface area contributed by atoms with E-state index in [4.69, 9.17) is 4.74 Å². The molecule has 0 aromatic heterocycles. The molecule has 3 aromatic rings. The van der Waals surface area contributed by atoms with Crippen molar-refractivity contribution in [1.29, 1.82) is 0 Å². The molecule has 0 bridgehead atoms. The summed E-state index contributed by atoms with van der Waals surface area (Å²) in [7, 11) is 0. The Hall–Kier alpha value is -4.10. The van der Waals surface area contributed by atoms with Crippen LogP contribution in [0.5, 0.6) is 5.75 Å². The van der Waals surface area contributed by atoms with Crippen molar-refractivity contribution in [2.24, 2.45) is 5.92 Å². The molecule has 0 saturated heterocycles. The first kappa shape index (κ1) is 25.4. The summed E-state index contributed by atoms with van der Waals surface area (Å²) in [5.74, 6) is 2.01. The Morgan fingerprint density at radius 2 is 1.60 bits per heavy atom. The van der Waals surface area contributed by atoms with Crippen molar-refractivity contribution in [3.8, 4) is 5.75 Å². The van der Waals surface area contributed by atoms with Gasteiger partial charge in [-0.25, -0.2) is 0 Å². The van der Waals surface area contributed by atoms with Gasteiger partial charge in [0, 0.05) is 23.8 Å². The summed E-state index contributed by atoms with van der Waals surface area (Å²) >= 11 is 0. The van der Waals surface area contributed by atoms with E-state index in [0.29, 0.717) is 11.8 Å². The predicted octanol–water partition coefficient (Wildman–Crippen LogP) is 10.7. The Kier molecular flexibility index (Phi) is 6.06. The highest BCUT2D eigenvalue weighted by Crippen LogP contribution is 2.51. The summed E-state index contributed by atoms with van der Waals surface area (Å²) in [5, 5.41) is 2.83. The Morgan fingerprint density at radius 1 is 0.744 bits per heavy atom. The van der Waals surface area contributed by atoms with Crippen LogP contribution in [0.4, 0.5) is 0 Å². The largest absolute Gasteiger partial charge is 0.489 e. The van der Waals surface area contributed by atoms with Crippen LogP contribution in [0.3, 0.4) is 0 Å². The van der Waals surface area contributed by atoms with E-state index in [9.17, 15) is 0 Å². The van der Waals surface area contributed by atoms with Crippen molar-refractivity contribution < 1.29 is 4.74 Å². The maximum Gasteiger partial charge on any atom is 0.124 e. The fraction of sp³-hybridized carbons (Fsp3) is 0.286. The first-order chi connectivity index (χ1) is 21.3. The number of ether oxygens (including phenoxy) is 1. The number of fused-ring (bicyclic) bond motifs is 6. The number of aryl methyl sites for hydroxylation is 1. The SMILES string of the molecule is C1=CC(C2=CCCC=C2)CC(c2c3c(c(C4=CCC5Oc6cc7c(cc6C5C4)CCC=C7)c4ccccc24)CCC=C3)=C1. The van der Waals surface area contributed by atoms with E-state index in [2.05, 4.69) is 103 Å². The Bertz CT molecular complexity index is 1880. The average molecular weight is 559 g/mol. The molecule has 0 saturated carbocycles. The molecule has 1 nitrogen and oxygen atoms in total. The van der Waals surface area contributed by atoms with Crippen LogP contribution in [0.2, 0.25) is 0 Å². The maximum atomic E-state index is 6.61. The zero-order valence-corrected chi connectivity index (χ0v) is 24.8. The molecule has 1 heterocycles. The molecule has 3 atom stereocenters. The Morgan fingerprint density at radius 3 is 2.51 bits per heavy atom. The normalized spacial score (nSPS) is 24.8. The monoisotopic (exact) mass is 558 g/mol. The fourth-order valence-corrected chi connectivity index (χ4v) is 8.65. The van der Waals surface area contributed by atoms with Gasteiger partial charge in [-0.3, -0.25) is 0 Å². The second kappa shape index (κ2) is 10.3. The van der Waals surface area contributed by atoms with Crippen molar-refractivity contribution in [1.82, 2.24) is 0 Å². The molecule has 9 rings (SSSR count). The molecule has 1 aliphatic heterocycles. The standard InChI is InChI=1S/C42H38O/c1-2-11-27(12-3-1)28-15-10-16-31(23-28)41-33-17-6-8-19-35(33)42(36-20-9-7-18-34(36)41)32-21-22-39-37(25-32)38-24-29-13-4-5-14-30(29)26-40(38)43-39/h2,5-8,10-12,14-19,21,24,26,28,37,39H,1,3-4,9,13,20,22-23,25H2. The molecule has 212 valence electrons. The minimum Gasteiger partial charge on any atom is -0.489 e. The number of hydrogen-bond acceptors (Lipinski definition) is 1. The lowest BCUT2D eigenvalue weighted by Crippen LogP contribution is -2.22. The first-order valence-corrected chi connectivity index (χ1v) is 16.5. The summed E-state index contributed by atoms with van der Waals surface area (Å²) < 4.78 is 6.61. The van der Waals surface area contributed by atoms with E-state index >= 15 is 0 Å². The van der Waals surface area contributed by atoms with Crippen LogP contribution in [0.25, 0.3) is 34.1 Å². The molecular formula is C42H38O. The van der Waals surface area contributed by atoms with Crippen molar-refractivity contribution in [2.45, 2.75) is 69.8 Å². The van der Waals surface area contributed by atoms with Crippen LogP contribution < -0.4 is 4.74 Å². The van der Waals surface area contributed by atoms with Gasteiger partial charge in [0.1, 0.15) is 11.9 Å². The van der Waals surface area contributed by atoms with Gasteiger partial charge < -0.3 is 4.74 Å². The molecule has 6 aliphatic rings.